The third-order valence-corrected chi connectivity index (χ3v) is 1.72. The molecule has 0 aliphatic carbocycles. The first-order valence-electron chi connectivity index (χ1n) is 5.40. The summed E-state index contributed by atoms with van der Waals surface area (Å²) in [6.07, 6.45) is 7.13. The van der Waals surface area contributed by atoms with Gasteiger partial charge in [0.15, 0.2) is 0 Å². The van der Waals surface area contributed by atoms with E-state index in [-0.39, 0.29) is 5.91 Å². The zero-order valence-corrected chi connectivity index (χ0v) is 10.00. The van der Waals surface area contributed by atoms with Crippen molar-refractivity contribution < 1.29 is 9.59 Å². The van der Waals surface area contributed by atoms with Gasteiger partial charge in [-0.25, -0.2) is 0 Å². The minimum Gasteiger partial charge on any atom is -0.366 e. The molecule has 16 heavy (non-hydrogen) atoms. The molecule has 3 N–H and O–H groups in total. The first kappa shape index (κ1) is 16.8. The van der Waals surface area contributed by atoms with Crippen molar-refractivity contribution in [3.63, 3.8) is 0 Å². The van der Waals surface area contributed by atoms with Gasteiger partial charge in [0.2, 0.25) is 11.8 Å². The highest BCUT2D eigenvalue weighted by molar-refractivity contribution is 5.86. The first-order valence-corrected chi connectivity index (χ1v) is 5.40. The number of hydrogen-bond acceptors (Lipinski definition) is 2. The summed E-state index contributed by atoms with van der Waals surface area (Å²) in [6, 6.07) is 0. The third-order valence-electron chi connectivity index (χ3n) is 1.72. The predicted molar refractivity (Wildman–Crippen MR) is 66.7 cm³/mol. The molecule has 0 aliphatic heterocycles. The second-order valence-corrected chi connectivity index (χ2v) is 3.16. The van der Waals surface area contributed by atoms with E-state index in [0.29, 0.717) is 0 Å². The van der Waals surface area contributed by atoms with Gasteiger partial charge in [0, 0.05) is 6.54 Å². The van der Waals surface area contributed by atoms with Crippen LogP contribution in [0.5, 0.6) is 0 Å². The molecule has 92 valence electrons. The number of nitrogens with two attached hydrogens (primary N) is 1. The lowest BCUT2D eigenvalue weighted by atomic mass is 10.2. The SMILES string of the molecule is C=CC(=O)NCCCCCC.C=CC(N)=O. The van der Waals surface area contributed by atoms with E-state index in [4.69, 9.17) is 0 Å². The quantitative estimate of drug-likeness (QED) is 0.510. The highest BCUT2D eigenvalue weighted by Gasteiger charge is 1.91. The molecule has 0 atom stereocenters. The van der Waals surface area contributed by atoms with E-state index in [0.717, 1.165) is 19.0 Å². The van der Waals surface area contributed by atoms with Crippen LogP contribution < -0.4 is 11.1 Å². The molecule has 0 bridgehead atoms. The number of nitrogens with one attached hydrogen (secondary N) is 1. The van der Waals surface area contributed by atoms with Crippen molar-refractivity contribution >= 4 is 11.8 Å². The number of hydrogen-bond donors (Lipinski definition) is 2. The van der Waals surface area contributed by atoms with Crippen LogP contribution in [0.15, 0.2) is 25.3 Å². The molecule has 0 rings (SSSR count). The van der Waals surface area contributed by atoms with Gasteiger partial charge in [0.1, 0.15) is 0 Å². The van der Waals surface area contributed by atoms with Crippen LogP contribution in [0.1, 0.15) is 32.6 Å². The molecule has 4 nitrogen and oxygen atoms in total. The normalized spacial score (nSPS) is 8.31. The molecular formula is C12H22N2O2. The molecule has 0 aliphatic rings. The zero-order chi connectivity index (χ0) is 12.8. The smallest absolute Gasteiger partial charge is 0.243 e. The average molecular weight is 226 g/mol. The van der Waals surface area contributed by atoms with Gasteiger partial charge in [-0.05, 0) is 18.6 Å². The van der Waals surface area contributed by atoms with Gasteiger partial charge in [-0.3, -0.25) is 9.59 Å². The molecule has 0 fully saturated rings. The maximum atomic E-state index is 10.6. The third kappa shape index (κ3) is 18.3. The highest BCUT2D eigenvalue weighted by Crippen LogP contribution is 1.96. The number of carbonyl (C=O) groups is 2. The molecule has 0 saturated carbocycles. The molecule has 0 aromatic rings. The number of primary amides is 1. The van der Waals surface area contributed by atoms with Crippen LogP contribution in [0.4, 0.5) is 0 Å². The molecule has 0 unspecified atom stereocenters. The topological polar surface area (TPSA) is 72.2 Å². The van der Waals surface area contributed by atoms with Crippen molar-refractivity contribution in [2.24, 2.45) is 5.73 Å². The summed E-state index contributed by atoms with van der Waals surface area (Å²) in [6.45, 7) is 9.40. The van der Waals surface area contributed by atoms with Gasteiger partial charge in [-0.15, -0.1) is 0 Å². The minimum atomic E-state index is -0.481. The van der Waals surface area contributed by atoms with Crippen molar-refractivity contribution in [2.45, 2.75) is 32.6 Å². The van der Waals surface area contributed by atoms with Crippen LogP contribution >= 0.6 is 0 Å². The molecule has 0 aromatic heterocycles. The maximum absolute atomic E-state index is 10.6. The molecule has 0 aromatic carbocycles. The molecule has 4 heteroatoms. The number of amides is 2. The minimum absolute atomic E-state index is 0.0681. The van der Waals surface area contributed by atoms with E-state index >= 15 is 0 Å². The maximum Gasteiger partial charge on any atom is 0.243 e. The lowest BCUT2D eigenvalue weighted by Crippen LogP contribution is -2.21. The lowest BCUT2D eigenvalue weighted by molar-refractivity contribution is -0.116. The van der Waals surface area contributed by atoms with Crippen LogP contribution in [0.2, 0.25) is 0 Å². The fourth-order valence-corrected chi connectivity index (χ4v) is 0.836. The largest absolute Gasteiger partial charge is 0.366 e. The summed E-state index contributed by atoms with van der Waals surface area (Å²) in [5, 5.41) is 2.73. The van der Waals surface area contributed by atoms with Gasteiger partial charge >= 0.3 is 0 Å². The van der Waals surface area contributed by atoms with Crippen molar-refractivity contribution in [3.8, 4) is 0 Å². The fraction of sp³-hybridized carbons (Fsp3) is 0.500. The number of carbonyl (C=O) groups excluding carboxylic acids is 2. The molecular weight excluding hydrogens is 204 g/mol. The van der Waals surface area contributed by atoms with Crippen LogP contribution in [0.25, 0.3) is 0 Å². The second-order valence-electron chi connectivity index (χ2n) is 3.16. The van der Waals surface area contributed by atoms with Crippen molar-refractivity contribution in [3.05, 3.63) is 25.3 Å². The summed E-state index contributed by atoms with van der Waals surface area (Å²) in [7, 11) is 0. The highest BCUT2D eigenvalue weighted by atomic mass is 16.1. The standard InChI is InChI=1S/C9H17NO.C3H5NO/c1-3-5-6-7-8-10-9(11)4-2;1-2-3(4)5/h4H,2-3,5-8H2,1H3,(H,10,11);2H,1H2,(H2,4,5). The fourth-order valence-electron chi connectivity index (χ4n) is 0.836. The Morgan fingerprint density at radius 3 is 2.12 bits per heavy atom. The van der Waals surface area contributed by atoms with Crippen LogP contribution in [0, 0.1) is 0 Å². The van der Waals surface area contributed by atoms with E-state index in [1.165, 1.54) is 25.3 Å². The van der Waals surface area contributed by atoms with E-state index in [2.05, 4.69) is 31.1 Å². The van der Waals surface area contributed by atoms with Crippen LogP contribution in [0.3, 0.4) is 0 Å². The van der Waals surface area contributed by atoms with Crippen LogP contribution in [-0.4, -0.2) is 18.4 Å². The molecule has 0 radical (unpaired) electrons. The Kier molecular flexibility index (Phi) is 14.1. The monoisotopic (exact) mass is 226 g/mol. The van der Waals surface area contributed by atoms with Crippen LogP contribution in [-0.2, 0) is 9.59 Å². The second kappa shape index (κ2) is 13.4. The Hall–Kier alpha value is -1.58. The van der Waals surface area contributed by atoms with Gasteiger partial charge in [-0.2, -0.15) is 0 Å². The Bertz CT molecular complexity index is 225. The first-order chi connectivity index (χ1) is 7.58. The lowest BCUT2D eigenvalue weighted by Gasteiger charge is -2.00. The molecule has 0 spiro atoms. The van der Waals surface area contributed by atoms with Crippen molar-refractivity contribution in [2.75, 3.05) is 6.54 Å². The Labute approximate surface area is 97.6 Å². The van der Waals surface area contributed by atoms with Gasteiger partial charge in [0.05, 0.1) is 0 Å². The van der Waals surface area contributed by atoms with E-state index in [1.807, 2.05) is 0 Å². The summed E-state index contributed by atoms with van der Waals surface area (Å²) in [5.41, 5.74) is 4.53. The average Bonchev–Trinajstić information content (AvgIpc) is 2.29. The van der Waals surface area contributed by atoms with E-state index in [9.17, 15) is 9.59 Å². The van der Waals surface area contributed by atoms with E-state index < -0.39 is 5.91 Å². The van der Waals surface area contributed by atoms with Gasteiger partial charge in [0.25, 0.3) is 0 Å². The predicted octanol–water partition coefficient (Wildman–Crippen LogP) is 1.53. The molecule has 0 heterocycles. The Balaban J connectivity index is 0. The summed E-state index contributed by atoms with van der Waals surface area (Å²) in [5.74, 6) is -0.550. The molecule has 2 amide bonds. The summed E-state index contributed by atoms with van der Waals surface area (Å²) < 4.78 is 0. The number of unbranched alkanes of at least 4 members (excludes halogenated alkanes) is 3. The summed E-state index contributed by atoms with van der Waals surface area (Å²) in [4.78, 5) is 20.1. The van der Waals surface area contributed by atoms with Crippen molar-refractivity contribution in [1.82, 2.24) is 5.32 Å². The van der Waals surface area contributed by atoms with Gasteiger partial charge in [-0.1, -0.05) is 39.3 Å². The Morgan fingerprint density at radius 1 is 1.19 bits per heavy atom. The summed E-state index contributed by atoms with van der Waals surface area (Å²) >= 11 is 0. The van der Waals surface area contributed by atoms with Gasteiger partial charge < -0.3 is 11.1 Å². The van der Waals surface area contributed by atoms with Crippen molar-refractivity contribution in [1.29, 1.82) is 0 Å². The Morgan fingerprint density at radius 2 is 1.75 bits per heavy atom. The van der Waals surface area contributed by atoms with E-state index in [1.54, 1.807) is 0 Å². The molecule has 0 saturated heterocycles. The number of rotatable bonds is 7. The zero-order valence-electron chi connectivity index (χ0n) is 10.00.